The number of rotatable bonds is 2. The van der Waals surface area contributed by atoms with Gasteiger partial charge in [0.2, 0.25) is 0 Å². The van der Waals surface area contributed by atoms with Gasteiger partial charge in [-0.05, 0) is 20.8 Å². The molecule has 14 heavy (non-hydrogen) atoms. The fourth-order valence-corrected chi connectivity index (χ4v) is 1.39. The molecule has 1 aliphatic heterocycles. The van der Waals surface area contributed by atoms with Gasteiger partial charge in [0.25, 0.3) is 0 Å². The number of aliphatic hydroxyl groups is 3. The standard InChI is InChI=1S/C9H18O5/c1-4(2)13-9-8(12)7(11)6(10)5(3)14-9/h4-12H,1-3H3/t5-,6+,7+,8-,9-/m0/s1. The molecular formula is C9H18O5. The van der Waals surface area contributed by atoms with E-state index in [2.05, 4.69) is 0 Å². The lowest BCUT2D eigenvalue weighted by atomic mass is 10.00. The average molecular weight is 206 g/mol. The Morgan fingerprint density at radius 3 is 2.14 bits per heavy atom. The molecule has 5 heteroatoms. The normalized spacial score (nSPS) is 44.4. The summed E-state index contributed by atoms with van der Waals surface area (Å²) in [5, 5.41) is 28.3. The third-order valence-electron chi connectivity index (χ3n) is 2.21. The van der Waals surface area contributed by atoms with E-state index in [-0.39, 0.29) is 6.10 Å². The molecule has 1 heterocycles. The molecule has 0 aliphatic carbocycles. The Labute approximate surface area is 83.3 Å². The zero-order chi connectivity index (χ0) is 10.9. The zero-order valence-electron chi connectivity index (χ0n) is 8.62. The van der Waals surface area contributed by atoms with Crippen LogP contribution < -0.4 is 0 Å². The van der Waals surface area contributed by atoms with Crippen molar-refractivity contribution >= 4 is 0 Å². The molecule has 84 valence electrons. The van der Waals surface area contributed by atoms with Crippen molar-refractivity contribution in [2.75, 3.05) is 0 Å². The summed E-state index contributed by atoms with van der Waals surface area (Å²) in [6, 6.07) is 0. The maximum atomic E-state index is 9.51. The largest absolute Gasteiger partial charge is 0.388 e. The van der Waals surface area contributed by atoms with Crippen LogP contribution in [-0.2, 0) is 9.47 Å². The van der Waals surface area contributed by atoms with Crippen molar-refractivity contribution in [3.63, 3.8) is 0 Å². The summed E-state index contributed by atoms with van der Waals surface area (Å²) in [7, 11) is 0. The summed E-state index contributed by atoms with van der Waals surface area (Å²) in [6.45, 7) is 5.23. The molecule has 0 amide bonds. The molecule has 3 N–H and O–H groups in total. The summed E-state index contributed by atoms with van der Waals surface area (Å²) in [5.74, 6) is 0. The van der Waals surface area contributed by atoms with Crippen LogP contribution in [0, 0.1) is 0 Å². The second-order valence-electron chi connectivity index (χ2n) is 3.87. The first-order valence-corrected chi connectivity index (χ1v) is 4.78. The van der Waals surface area contributed by atoms with E-state index in [1.54, 1.807) is 20.8 Å². The molecule has 0 aromatic heterocycles. The van der Waals surface area contributed by atoms with Crippen LogP contribution in [0.25, 0.3) is 0 Å². The van der Waals surface area contributed by atoms with E-state index < -0.39 is 30.7 Å². The third kappa shape index (κ3) is 2.43. The topological polar surface area (TPSA) is 79.2 Å². The summed E-state index contributed by atoms with van der Waals surface area (Å²) in [6.07, 6.45) is -5.02. The summed E-state index contributed by atoms with van der Waals surface area (Å²) < 4.78 is 10.5. The Morgan fingerprint density at radius 1 is 1.07 bits per heavy atom. The highest BCUT2D eigenvalue weighted by Gasteiger charge is 2.42. The SMILES string of the molecule is CC(C)O[C@H]1O[C@@H](C)[C@@H](O)[C@@H](O)[C@@H]1O. The van der Waals surface area contributed by atoms with Crippen LogP contribution in [0.2, 0.25) is 0 Å². The monoisotopic (exact) mass is 206 g/mol. The first-order chi connectivity index (χ1) is 6.43. The Kier molecular flexibility index (Phi) is 3.86. The van der Waals surface area contributed by atoms with Crippen molar-refractivity contribution in [3.8, 4) is 0 Å². The molecular weight excluding hydrogens is 188 g/mol. The highest BCUT2D eigenvalue weighted by molar-refractivity contribution is 4.87. The Bertz CT molecular complexity index is 184. The number of ether oxygens (including phenoxy) is 2. The Hall–Kier alpha value is -0.200. The maximum Gasteiger partial charge on any atom is 0.186 e. The van der Waals surface area contributed by atoms with Gasteiger partial charge in [-0.3, -0.25) is 0 Å². The van der Waals surface area contributed by atoms with Crippen molar-refractivity contribution in [3.05, 3.63) is 0 Å². The number of aliphatic hydroxyl groups excluding tert-OH is 3. The van der Waals surface area contributed by atoms with Crippen molar-refractivity contribution in [1.29, 1.82) is 0 Å². The summed E-state index contributed by atoms with van der Waals surface area (Å²) in [5.41, 5.74) is 0. The quantitative estimate of drug-likeness (QED) is 0.553. The Balaban J connectivity index is 2.60. The first-order valence-electron chi connectivity index (χ1n) is 4.78. The van der Waals surface area contributed by atoms with Gasteiger partial charge in [-0.1, -0.05) is 0 Å². The number of hydrogen-bond acceptors (Lipinski definition) is 5. The summed E-state index contributed by atoms with van der Waals surface area (Å²) >= 11 is 0. The van der Waals surface area contributed by atoms with Crippen LogP contribution in [0.3, 0.4) is 0 Å². The molecule has 0 aromatic carbocycles. The molecule has 1 rings (SSSR count). The van der Waals surface area contributed by atoms with Gasteiger partial charge in [-0.15, -0.1) is 0 Å². The second kappa shape index (κ2) is 4.55. The van der Waals surface area contributed by atoms with Gasteiger partial charge in [0.15, 0.2) is 6.29 Å². The van der Waals surface area contributed by atoms with Crippen LogP contribution in [0.15, 0.2) is 0 Å². The van der Waals surface area contributed by atoms with E-state index in [9.17, 15) is 15.3 Å². The van der Waals surface area contributed by atoms with Gasteiger partial charge in [0, 0.05) is 0 Å². The van der Waals surface area contributed by atoms with Gasteiger partial charge >= 0.3 is 0 Å². The first kappa shape index (κ1) is 11.9. The van der Waals surface area contributed by atoms with E-state index >= 15 is 0 Å². The minimum Gasteiger partial charge on any atom is -0.388 e. The average Bonchev–Trinajstić information content (AvgIpc) is 2.10. The smallest absolute Gasteiger partial charge is 0.186 e. The minimum atomic E-state index is -1.22. The summed E-state index contributed by atoms with van der Waals surface area (Å²) in [4.78, 5) is 0. The molecule has 0 radical (unpaired) electrons. The molecule has 1 aliphatic rings. The van der Waals surface area contributed by atoms with Crippen LogP contribution in [0.5, 0.6) is 0 Å². The second-order valence-corrected chi connectivity index (χ2v) is 3.87. The fraction of sp³-hybridized carbons (Fsp3) is 1.00. The zero-order valence-corrected chi connectivity index (χ0v) is 8.62. The van der Waals surface area contributed by atoms with E-state index in [1.165, 1.54) is 0 Å². The molecule has 5 atom stereocenters. The molecule has 0 bridgehead atoms. The van der Waals surface area contributed by atoms with Gasteiger partial charge in [0.1, 0.15) is 18.3 Å². The predicted molar refractivity (Wildman–Crippen MR) is 48.6 cm³/mol. The molecule has 5 nitrogen and oxygen atoms in total. The van der Waals surface area contributed by atoms with E-state index in [4.69, 9.17) is 9.47 Å². The van der Waals surface area contributed by atoms with Crippen LogP contribution in [0.4, 0.5) is 0 Å². The lowest BCUT2D eigenvalue weighted by Gasteiger charge is -2.39. The molecule has 1 fully saturated rings. The fourth-order valence-electron chi connectivity index (χ4n) is 1.39. The lowest BCUT2D eigenvalue weighted by Crippen LogP contribution is -2.57. The predicted octanol–water partition coefficient (Wildman–Crippen LogP) is -0.761. The molecule has 1 saturated heterocycles. The highest BCUT2D eigenvalue weighted by Crippen LogP contribution is 2.22. The van der Waals surface area contributed by atoms with Crippen LogP contribution >= 0.6 is 0 Å². The van der Waals surface area contributed by atoms with Crippen molar-refractivity contribution in [2.45, 2.75) is 57.6 Å². The lowest BCUT2D eigenvalue weighted by molar-refractivity contribution is -0.301. The van der Waals surface area contributed by atoms with Gasteiger partial charge in [0.05, 0.1) is 12.2 Å². The van der Waals surface area contributed by atoms with E-state index in [0.29, 0.717) is 0 Å². The van der Waals surface area contributed by atoms with Gasteiger partial charge < -0.3 is 24.8 Å². The third-order valence-corrected chi connectivity index (χ3v) is 2.21. The highest BCUT2D eigenvalue weighted by atomic mass is 16.7. The van der Waals surface area contributed by atoms with E-state index in [1.807, 2.05) is 0 Å². The van der Waals surface area contributed by atoms with Crippen LogP contribution in [-0.4, -0.2) is 52.1 Å². The van der Waals surface area contributed by atoms with Crippen molar-refractivity contribution in [1.82, 2.24) is 0 Å². The molecule has 0 spiro atoms. The van der Waals surface area contributed by atoms with Gasteiger partial charge in [-0.25, -0.2) is 0 Å². The van der Waals surface area contributed by atoms with Crippen LogP contribution in [0.1, 0.15) is 20.8 Å². The van der Waals surface area contributed by atoms with Crippen molar-refractivity contribution < 1.29 is 24.8 Å². The molecule has 0 saturated carbocycles. The molecule has 0 unspecified atom stereocenters. The van der Waals surface area contributed by atoms with E-state index in [0.717, 1.165) is 0 Å². The van der Waals surface area contributed by atoms with Gasteiger partial charge in [-0.2, -0.15) is 0 Å². The number of hydrogen-bond donors (Lipinski definition) is 3. The molecule has 0 aromatic rings. The Morgan fingerprint density at radius 2 is 1.64 bits per heavy atom. The van der Waals surface area contributed by atoms with Crippen molar-refractivity contribution in [2.24, 2.45) is 0 Å². The maximum absolute atomic E-state index is 9.51. The minimum absolute atomic E-state index is 0.107.